The Bertz CT molecular complexity index is 581. The topological polar surface area (TPSA) is 92.7 Å². The van der Waals surface area contributed by atoms with Crippen LogP contribution in [0.5, 0.6) is 5.75 Å². The number of nitrogens with one attached hydrogen (secondary N) is 1. The number of benzene rings is 1. The first-order valence-electron chi connectivity index (χ1n) is 5.37. The van der Waals surface area contributed by atoms with Crippen LogP contribution in [-0.2, 0) is 14.6 Å². The highest BCUT2D eigenvalue weighted by molar-refractivity contribution is 7.92. The van der Waals surface area contributed by atoms with Crippen LogP contribution >= 0.6 is 0 Å². The first-order chi connectivity index (χ1) is 8.38. The molecule has 1 aromatic carbocycles. The molecule has 0 aromatic heterocycles. The molecule has 0 bridgehead atoms. The highest BCUT2D eigenvalue weighted by Crippen LogP contribution is 2.31. The molecular weight excluding hydrogens is 258 g/mol. The number of anilines is 1. The number of carbonyl (C=O) groups is 1. The molecule has 1 atom stereocenters. The van der Waals surface area contributed by atoms with Crippen molar-refractivity contribution in [2.45, 2.75) is 17.9 Å². The van der Waals surface area contributed by atoms with Crippen molar-refractivity contribution in [1.82, 2.24) is 0 Å². The molecule has 0 amide bonds. The Hall–Kier alpha value is -1.76. The van der Waals surface area contributed by atoms with Gasteiger partial charge in [-0.2, -0.15) is 0 Å². The summed E-state index contributed by atoms with van der Waals surface area (Å²) >= 11 is 0. The van der Waals surface area contributed by atoms with Crippen molar-refractivity contribution in [2.24, 2.45) is 0 Å². The van der Waals surface area contributed by atoms with E-state index in [1.165, 1.54) is 18.2 Å². The molecule has 1 heterocycles. The zero-order valence-electron chi connectivity index (χ0n) is 9.71. The predicted molar refractivity (Wildman–Crippen MR) is 64.7 cm³/mol. The smallest absolute Gasteiger partial charge is 0.319 e. The van der Waals surface area contributed by atoms with Gasteiger partial charge in [0.05, 0.1) is 17.1 Å². The minimum Gasteiger partial charge on any atom is -0.487 e. The summed E-state index contributed by atoms with van der Waals surface area (Å²) in [4.78, 5) is 10.5. The van der Waals surface area contributed by atoms with E-state index in [0.29, 0.717) is 18.0 Å². The van der Waals surface area contributed by atoms with Crippen molar-refractivity contribution in [1.29, 1.82) is 0 Å². The van der Waals surface area contributed by atoms with E-state index in [2.05, 4.69) is 5.32 Å². The number of hydrogen-bond donors (Lipinski definition) is 2. The third-order valence-corrected chi connectivity index (χ3v) is 4.13. The molecule has 1 aliphatic rings. The molecule has 6 nitrogen and oxygen atoms in total. The van der Waals surface area contributed by atoms with Gasteiger partial charge in [-0.3, -0.25) is 4.79 Å². The zero-order valence-corrected chi connectivity index (χ0v) is 10.5. The van der Waals surface area contributed by atoms with Crippen molar-refractivity contribution >= 4 is 21.5 Å². The Labute approximate surface area is 104 Å². The van der Waals surface area contributed by atoms with E-state index in [1.807, 2.05) is 6.92 Å². The lowest BCUT2D eigenvalue weighted by Gasteiger charge is -2.25. The second-order valence-electron chi connectivity index (χ2n) is 4.12. The Kier molecular flexibility index (Phi) is 3.16. The molecule has 0 saturated heterocycles. The van der Waals surface area contributed by atoms with Crippen molar-refractivity contribution in [3.8, 4) is 5.75 Å². The van der Waals surface area contributed by atoms with Gasteiger partial charge in [0.15, 0.2) is 15.6 Å². The van der Waals surface area contributed by atoms with Crippen LogP contribution in [0.4, 0.5) is 5.69 Å². The SMILES string of the molecule is CC1CNc2cc(S(=O)(=O)CC(=O)O)ccc2O1. The lowest BCUT2D eigenvalue weighted by molar-refractivity contribution is -0.134. The monoisotopic (exact) mass is 271 g/mol. The first-order valence-corrected chi connectivity index (χ1v) is 7.03. The maximum absolute atomic E-state index is 11.7. The molecule has 0 saturated carbocycles. The van der Waals surface area contributed by atoms with Gasteiger partial charge in [-0.25, -0.2) is 8.42 Å². The zero-order chi connectivity index (χ0) is 13.3. The first kappa shape index (κ1) is 12.7. The highest BCUT2D eigenvalue weighted by atomic mass is 32.2. The van der Waals surface area contributed by atoms with Crippen LogP contribution < -0.4 is 10.1 Å². The van der Waals surface area contributed by atoms with E-state index < -0.39 is 21.6 Å². The van der Waals surface area contributed by atoms with Crippen molar-refractivity contribution in [3.63, 3.8) is 0 Å². The number of hydrogen-bond acceptors (Lipinski definition) is 5. The largest absolute Gasteiger partial charge is 0.487 e. The van der Waals surface area contributed by atoms with Gasteiger partial charge < -0.3 is 15.2 Å². The summed E-state index contributed by atoms with van der Waals surface area (Å²) in [5.74, 6) is -1.71. The predicted octanol–water partition coefficient (Wildman–Crippen LogP) is 0.738. The molecular formula is C11H13NO5S. The van der Waals surface area contributed by atoms with Gasteiger partial charge >= 0.3 is 5.97 Å². The summed E-state index contributed by atoms with van der Waals surface area (Å²) in [5, 5.41) is 11.6. The third kappa shape index (κ3) is 2.56. The van der Waals surface area contributed by atoms with Crippen LogP contribution in [0.3, 0.4) is 0 Å². The number of aliphatic carboxylic acids is 1. The van der Waals surface area contributed by atoms with Crippen molar-refractivity contribution < 1.29 is 23.1 Å². The molecule has 1 aromatic rings. The van der Waals surface area contributed by atoms with E-state index >= 15 is 0 Å². The number of rotatable bonds is 3. The van der Waals surface area contributed by atoms with Gasteiger partial charge in [-0.15, -0.1) is 0 Å². The van der Waals surface area contributed by atoms with E-state index in [0.717, 1.165) is 0 Å². The summed E-state index contributed by atoms with van der Waals surface area (Å²) in [6.07, 6.45) is 0.0129. The summed E-state index contributed by atoms with van der Waals surface area (Å²) in [7, 11) is -3.80. The normalized spacial score (nSPS) is 18.4. The van der Waals surface area contributed by atoms with Crippen LogP contribution in [-0.4, -0.2) is 37.9 Å². The molecule has 18 heavy (non-hydrogen) atoms. The fraction of sp³-hybridized carbons (Fsp3) is 0.364. The summed E-state index contributed by atoms with van der Waals surface area (Å²) in [6.45, 7) is 2.47. The Balaban J connectivity index is 2.35. The standard InChI is InChI=1S/C11H13NO5S/c1-7-5-12-9-4-8(2-3-10(9)17-7)18(15,16)6-11(13)14/h2-4,7,12H,5-6H2,1H3,(H,13,14). The number of fused-ring (bicyclic) bond motifs is 1. The summed E-state index contributed by atoms with van der Waals surface area (Å²) in [5.41, 5.74) is 0.569. The van der Waals surface area contributed by atoms with Gasteiger partial charge in [0.1, 0.15) is 11.9 Å². The van der Waals surface area contributed by atoms with E-state index in [-0.39, 0.29) is 11.0 Å². The average molecular weight is 271 g/mol. The minimum absolute atomic E-state index is 0.0129. The summed E-state index contributed by atoms with van der Waals surface area (Å²) < 4.78 is 29.0. The maximum Gasteiger partial charge on any atom is 0.319 e. The van der Waals surface area contributed by atoms with Crippen LogP contribution in [0, 0.1) is 0 Å². The fourth-order valence-corrected chi connectivity index (χ4v) is 2.77. The lowest BCUT2D eigenvalue weighted by Crippen LogP contribution is -2.27. The molecule has 2 N–H and O–H groups in total. The second kappa shape index (κ2) is 4.49. The van der Waals surface area contributed by atoms with E-state index in [4.69, 9.17) is 9.84 Å². The summed E-state index contributed by atoms with van der Waals surface area (Å²) in [6, 6.07) is 4.29. The van der Waals surface area contributed by atoms with Crippen LogP contribution in [0.15, 0.2) is 23.1 Å². The number of carboxylic acids is 1. The molecule has 0 radical (unpaired) electrons. The second-order valence-corrected chi connectivity index (χ2v) is 6.11. The molecule has 0 aliphatic carbocycles. The van der Waals surface area contributed by atoms with Gasteiger partial charge in [0.25, 0.3) is 0 Å². The number of sulfone groups is 1. The molecule has 98 valence electrons. The third-order valence-electron chi connectivity index (χ3n) is 2.53. The van der Waals surface area contributed by atoms with Crippen LogP contribution in [0.25, 0.3) is 0 Å². The highest BCUT2D eigenvalue weighted by Gasteiger charge is 2.22. The molecule has 0 spiro atoms. The quantitative estimate of drug-likeness (QED) is 0.842. The molecule has 0 fully saturated rings. The van der Waals surface area contributed by atoms with Gasteiger partial charge in [0, 0.05) is 0 Å². The Morgan fingerprint density at radius 1 is 1.56 bits per heavy atom. The lowest BCUT2D eigenvalue weighted by atomic mass is 10.2. The van der Waals surface area contributed by atoms with Gasteiger partial charge in [0.2, 0.25) is 0 Å². The van der Waals surface area contributed by atoms with E-state index in [1.54, 1.807) is 0 Å². The molecule has 7 heteroatoms. The van der Waals surface area contributed by atoms with E-state index in [9.17, 15) is 13.2 Å². The van der Waals surface area contributed by atoms with Gasteiger partial charge in [-0.1, -0.05) is 0 Å². The van der Waals surface area contributed by atoms with Crippen LogP contribution in [0.2, 0.25) is 0 Å². The minimum atomic E-state index is -3.80. The fourth-order valence-electron chi connectivity index (χ4n) is 1.70. The van der Waals surface area contributed by atoms with Gasteiger partial charge in [-0.05, 0) is 25.1 Å². The average Bonchev–Trinajstić information content (AvgIpc) is 2.26. The van der Waals surface area contributed by atoms with Crippen molar-refractivity contribution in [3.05, 3.63) is 18.2 Å². The molecule has 1 aliphatic heterocycles. The number of ether oxygens (including phenoxy) is 1. The molecule has 1 unspecified atom stereocenters. The maximum atomic E-state index is 11.7. The van der Waals surface area contributed by atoms with Crippen molar-refractivity contribution in [2.75, 3.05) is 17.6 Å². The number of carboxylic acid groups (broad SMARTS) is 1. The Morgan fingerprint density at radius 3 is 2.94 bits per heavy atom. The van der Waals surface area contributed by atoms with Crippen LogP contribution in [0.1, 0.15) is 6.92 Å². The Morgan fingerprint density at radius 2 is 2.28 bits per heavy atom. The molecule has 2 rings (SSSR count).